The van der Waals surface area contributed by atoms with Crippen LogP contribution in [0, 0.1) is 5.82 Å². The molecule has 0 saturated carbocycles. The Bertz CT molecular complexity index is 1100. The Kier molecular flexibility index (Phi) is 8.18. The van der Waals surface area contributed by atoms with E-state index in [1.165, 1.54) is 12.1 Å². The molecule has 170 valence electrons. The first kappa shape index (κ1) is 23.5. The SMILES string of the molecule is C=CCNC(=O)N(Cc1ccc(F)cc1)c1cccc(CC(=O)Nc2ccc(OC)cc2)c1. The molecule has 0 unspecified atom stereocenters. The van der Waals surface area contributed by atoms with Gasteiger partial charge in [0.2, 0.25) is 5.91 Å². The maximum absolute atomic E-state index is 13.3. The van der Waals surface area contributed by atoms with Gasteiger partial charge in [-0.15, -0.1) is 6.58 Å². The molecule has 0 bridgehead atoms. The van der Waals surface area contributed by atoms with Gasteiger partial charge < -0.3 is 15.4 Å². The number of ether oxygens (including phenoxy) is 1. The van der Waals surface area contributed by atoms with Gasteiger partial charge in [0.05, 0.1) is 20.1 Å². The molecule has 0 aliphatic carbocycles. The zero-order chi connectivity index (χ0) is 23.6. The van der Waals surface area contributed by atoms with E-state index in [0.29, 0.717) is 23.7 Å². The van der Waals surface area contributed by atoms with Crippen LogP contribution < -0.4 is 20.3 Å². The van der Waals surface area contributed by atoms with E-state index in [4.69, 9.17) is 4.74 Å². The molecule has 0 aromatic heterocycles. The first-order valence-electron chi connectivity index (χ1n) is 10.4. The zero-order valence-corrected chi connectivity index (χ0v) is 18.4. The molecule has 0 aliphatic heterocycles. The molecule has 3 amide bonds. The Balaban J connectivity index is 1.75. The van der Waals surface area contributed by atoms with E-state index in [1.807, 2.05) is 6.07 Å². The van der Waals surface area contributed by atoms with Crippen molar-refractivity contribution < 1.29 is 18.7 Å². The molecule has 7 heteroatoms. The fourth-order valence-corrected chi connectivity index (χ4v) is 3.21. The minimum absolute atomic E-state index is 0.137. The number of amides is 3. The maximum atomic E-state index is 13.3. The van der Waals surface area contributed by atoms with Gasteiger partial charge in [-0.05, 0) is 59.7 Å². The van der Waals surface area contributed by atoms with Crippen LogP contribution in [-0.2, 0) is 17.8 Å². The summed E-state index contributed by atoms with van der Waals surface area (Å²) in [5.41, 5.74) is 2.81. The van der Waals surface area contributed by atoms with Crippen LogP contribution in [0.5, 0.6) is 5.75 Å². The number of methoxy groups -OCH3 is 1. The smallest absolute Gasteiger partial charge is 0.322 e. The Morgan fingerprint density at radius 3 is 2.42 bits per heavy atom. The van der Waals surface area contributed by atoms with Crippen LogP contribution in [0.1, 0.15) is 11.1 Å². The summed E-state index contributed by atoms with van der Waals surface area (Å²) in [7, 11) is 1.58. The van der Waals surface area contributed by atoms with Crippen LogP contribution in [0.4, 0.5) is 20.6 Å². The zero-order valence-electron chi connectivity index (χ0n) is 18.4. The molecule has 0 heterocycles. The fourth-order valence-electron chi connectivity index (χ4n) is 3.21. The highest BCUT2D eigenvalue weighted by atomic mass is 19.1. The predicted octanol–water partition coefficient (Wildman–Crippen LogP) is 4.92. The Morgan fingerprint density at radius 1 is 1.03 bits per heavy atom. The molecular formula is C26H26FN3O3. The summed E-state index contributed by atoms with van der Waals surface area (Å²) < 4.78 is 18.4. The number of carbonyl (C=O) groups is 2. The predicted molar refractivity (Wildman–Crippen MR) is 128 cm³/mol. The Morgan fingerprint density at radius 2 is 1.76 bits per heavy atom. The summed E-state index contributed by atoms with van der Waals surface area (Å²) in [5.74, 6) is 0.182. The molecule has 0 radical (unpaired) electrons. The van der Waals surface area contributed by atoms with Crippen molar-refractivity contribution in [3.63, 3.8) is 0 Å². The van der Waals surface area contributed by atoms with Crippen LogP contribution in [0.2, 0.25) is 0 Å². The Labute approximate surface area is 192 Å². The van der Waals surface area contributed by atoms with Crippen molar-refractivity contribution in [1.82, 2.24) is 5.32 Å². The monoisotopic (exact) mass is 447 g/mol. The second-order valence-corrected chi connectivity index (χ2v) is 7.31. The van der Waals surface area contributed by atoms with E-state index in [1.54, 1.807) is 72.7 Å². The van der Waals surface area contributed by atoms with E-state index in [9.17, 15) is 14.0 Å². The van der Waals surface area contributed by atoms with Crippen molar-refractivity contribution in [3.8, 4) is 5.75 Å². The molecule has 2 N–H and O–H groups in total. The minimum Gasteiger partial charge on any atom is -0.497 e. The largest absolute Gasteiger partial charge is 0.497 e. The molecule has 0 fully saturated rings. The Hall–Kier alpha value is -4.13. The van der Waals surface area contributed by atoms with Crippen LogP contribution in [0.3, 0.4) is 0 Å². The van der Waals surface area contributed by atoms with E-state index in [2.05, 4.69) is 17.2 Å². The second kappa shape index (κ2) is 11.5. The van der Waals surface area contributed by atoms with E-state index in [0.717, 1.165) is 11.1 Å². The van der Waals surface area contributed by atoms with Gasteiger partial charge in [0.1, 0.15) is 11.6 Å². The number of anilines is 2. The van der Waals surface area contributed by atoms with Crippen molar-refractivity contribution in [3.05, 3.63) is 102 Å². The molecule has 33 heavy (non-hydrogen) atoms. The van der Waals surface area contributed by atoms with Crippen LogP contribution in [0.25, 0.3) is 0 Å². The third kappa shape index (κ3) is 6.93. The minimum atomic E-state index is -0.341. The topological polar surface area (TPSA) is 70.7 Å². The normalized spacial score (nSPS) is 10.2. The summed E-state index contributed by atoms with van der Waals surface area (Å²) >= 11 is 0. The van der Waals surface area contributed by atoms with Crippen LogP contribution in [-0.4, -0.2) is 25.6 Å². The van der Waals surface area contributed by atoms with Crippen LogP contribution >= 0.6 is 0 Å². The van der Waals surface area contributed by atoms with Gasteiger partial charge in [0.25, 0.3) is 0 Å². The number of hydrogen-bond donors (Lipinski definition) is 2. The number of urea groups is 1. The lowest BCUT2D eigenvalue weighted by atomic mass is 10.1. The molecule has 0 spiro atoms. The average molecular weight is 448 g/mol. The lowest BCUT2D eigenvalue weighted by molar-refractivity contribution is -0.115. The first-order chi connectivity index (χ1) is 16.0. The third-order valence-electron chi connectivity index (χ3n) is 4.86. The van der Waals surface area contributed by atoms with E-state index >= 15 is 0 Å². The molecule has 0 aliphatic rings. The summed E-state index contributed by atoms with van der Waals surface area (Å²) in [6.07, 6.45) is 1.73. The van der Waals surface area contributed by atoms with Crippen LogP contribution in [0.15, 0.2) is 85.5 Å². The van der Waals surface area contributed by atoms with Crippen molar-refractivity contribution >= 4 is 23.3 Å². The van der Waals surface area contributed by atoms with Crippen molar-refractivity contribution in [2.75, 3.05) is 23.9 Å². The van der Waals surface area contributed by atoms with Crippen molar-refractivity contribution in [1.29, 1.82) is 0 Å². The molecular weight excluding hydrogens is 421 g/mol. The van der Waals surface area contributed by atoms with Crippen molar-refractivity contribution in [2.24, 2.45) is 0 Å². The number of nitrogens with zero attached hydrogens (tertiary/aromatic N) is 1. The highest BCUT2D eigenvalue weighted by Gasteiger charge is 2.17. The third-order valence-corrected chi connectivity index (χ3v) is 4.86. The van der Waals surface area contributed by atoms with Crippen molar-refractivity contribution in [2.45, 2.75) is 13.0 Å². The second-order valence-electron chi connectivity index (χ2n) is 7.31. The summed E-state index contributed by atoms with van der Waals surface area (Å²) in [5, 5.41) is 5.62. The molecule has 0 atom stereocenters. The summed E-state index contributed by atoms with van der Waals surface area (Å²) in [6, 6.07) is 19.9. The lowest BCUT2D eigenvalue weighted by Gasteiger charge is -2.24. The van der Waals surface area contributed by atoms with Gasteiger partial charge in [-0.2, -0.15) is 0 Å². The number of benzene rings is 3. The van der Waals surface area contributed by atoms with Gasteiger partial charge >= 0.3 is 6.03 Å². The highest BCUT2D eigenvalue weighted by Crippen LogP contribution is 2.21. The molecule has 3 rings (SSSR count). The standard InChI is InChI=1S/C26H26FN3O3/c1-3-15-28-26(32)30(18-19-7-9-21(27)10-8-19)23-6-4-5-20(16-23)17-25(31)29-22-11-13-24(33-2)14-12-22/h3-14,16H,1,15,17-18H2,2H3,(H,28,32)(H,29,31). The van der Waals surface area contributed by atoms with Gasteiger partial charge in [-0.25, -0.2) is 9.18 Å². The van der Waals surface area contributed by atoms with Gasteiger partial charge in [0.15, 0.2) is 0 Å². The molecule has 3 aromatic rings. The highest BCUT2D eigenvalue weighted by molar-refractivity contribution is 5.94. The summed E-state index contributed by atoms with van der Waals surface area (Å²) in [4.78, 5) is 26.9. The van der Waals surface area contributed by atoms with E-state index < -0.39 is 0 Å². The first-order valence-corrected chi connectivity index (χ1v) is 10.4. The number of rotatable bonds is 9. The molecule has 6 nitrogen and oxygen atoms in total. The van der Waals surface area contributed by atoms with Gasteiger partial charge in [0, 0.05) is 17.9 Å². The lowest BCUT2D eigenvalue weighted by Crippen LogP contribution is -2.39. The fraction of sp³-hybridized carbons (Fsp3) is 0.154. The number of carbonyl (C=O) groups excluding carboxylic acids is 2. The van der Waals surface area contributed by atoms with Gasteiger partial charge in [-0.1, -0.05) is 30.3 Å². The maximum Gasteiger partial charge on any atom is 0.322 e. The number of halogens is 1. The number of hydrogen-bond acceptors (Lipinski definition) is 3. The summed E-state index contributed by atoms with van der Waals surface area (Å²) in [6.45, 7) is 4.17. The molecule has 0 saturated heterocycles. The molecule has 3 aromatic carbocycles. The average Bonchev–Trinajstić information content (AvgIpc) is 2.82. The van der Waals surface area contributed by atoms with E-state index in [-0.39, 0.29) is 30.7 Å². The van der Waals surface area contributed by atoms with Gasteiger partial charge in [-0.3, -0.25) is 9.69 Å². The quantitative estimate of drug-likeness (QED) is 0.458. The number of nitrogens with one attached hydrogen (secondary N) is 2.